The van der Waals surface area contributed by atoms with Gasteiger partial charge in [-0.05, 0) is 36.4 Å². The Kier molecular flexibility index (Phi) is 4.73. The molecule has 5 nitrogen and oxygen atoms in total. The van der Waals surface area contributed by atoms with Gasteiger partial charge in [-0.15, -0.1) is 0 Å². The second-order valence-electron chi connectivity index (χ2n) is 4.75. The van der Waals surface area contributed by atoms with Crippen LogP contribution >= 0.6 is 11.6 Å². The molecule has 1 amide bonds. The van der Waals surface area contributed by atoms with Crippen molar-refractivity contribution in [2.45, 2.75) is 0 Å². The van der Waals surface area contributed by atoms with Crippen LogP contribution in [0, 0.1) is 0 Å². The van der Waals surface area contributed by atoms with Crippen molar-refractivity contribution in [2.75, 3.05) is 22.9 Å². The molecule has 116 valence electrons. The third-order valence-corrected chi connectivity index (χ3v) is 4.49. The van der Waals surface area contributed by atoms with Crippen LogP contribution < -0.4 is 9.62 Å². The monoisotopic (exact) mass is 338 g/mol. The summed E-state index contributed by atoms with van der Waals surface area (Å²) >= 11 is 5.87. The second-order valence-corrected chi connectivity index (χ2v) is 7.20. The van der Waals surface area contributed by atoms with Gasteiger partial charge in [-0.1, -0.05) is 23.7 Å². The van der Waals surface area contributed by atoms with E-state index < -0.39 is 10.0 Å². The van der Waals surface area contributed by atoms with E-state index in [9.17, 15) is 13.2 Å². The van der Waals surface area contributed by atoms with Gasteiger partial charge in [0.15, 0.2) is 0 Å². The van der Waals surface area contributed by atoms with Gasteiger partial charge in [-0.25, -0.2) is 8.42 Å². The Labute approximate surface area is 134 Å². The number of carbonyl (C=O) groups is 1. The number of hydrogen-bond donors (Lipinski definition) is 1. The van der Waals surface area contributed by atoms with Gasteiger partial charge in [-0.2, -0.15) is 0 Å². The Balaban J connectivity index is 2.24. The molecule has 2 rings (SSSR count). The van der Waals surface area contributed by atoms with Crippen LogP contribution in [0.25, 0.3) is 0 Å². The van der Waals surface area contributed by atoms with Crippen molar-refractivity contribution < 1.29 is 13.2 Å². The third kappa shape index (κ3) is 3.99. The SMILES string of the molecule is CN(c1cccc(C(=O)Nc2cccc(Cl)c2)c1)S(C)(=O)=O. The Morgan fingerprint density at radius 2 is 1.82 bits per heavy atom. The van der Waals surface area contributed by atoms with Crippen molar-refractivity contribution in [3.63, 3.8) is 0 Å². The van der Waals surface area contributed by atoms with E-state index >= 15 is 0 Å². The summed E-state index contributed by atoms with van der Waals surface area (Å²) in [5, 5.41) is 3.23. The number of anilines is 2. The minimum atomic E-state index is -3.38. The number of halogens is 1. The lowest BCUT2D eigenvalue weighted by Gasteiger charge is -2.17. The maximum Gasteiger partial charge on any atom is 0.255 e. The van der Waals surface area contributed by atoms with Crippen LogP contribution in [0.5, 0.6) is 0 Å². The predicted octanol–water partition coefficient (Wildman–Crippen LogP) is 2.99. The van der Waals surface area contributed by atoms with Gasteiger partial charge < -0.3 is 5.32 Å². The van der Waals surface area contributed by atoms with E-state index in [1.807, 2.05) is 0 Å². The highest BCUT2D eigenvalue weighted by Gasteiger charge is 2.14. The maximum absolute atomic E-state index is 12.2. The van der Waals surface area contributed by atoms with Crippen LogP contribution in [-0.4, -0.2) is 27.6 Å². The Morgan fingerprint density at radius 3 is 2.45 bits per heavy atom. The van der Waals surface area contributed by atoms with Gasteiger partial charge in [0.25, 0.3) is 5.91 Å². The highest BCUT2D eigenvalue weighted by molar-refractivity contribution is 7.92. The highest BCUT2D eigenvalue weighted by Crippen LogP contribution is 2.19. The number of hydrogen-bond acceptors (Lipinski definition) is 3. The minimum Gasteiger partial charge on any atom is -0.322 e. The number of carbonyl (C=O) groups excluding carboxylic acids is 1. The Bertz CT molecular complexity index is 806. The maximum atomic E-state index is 12.2. The van der Waals surface area contributed by atoms with Crippen molar-refractivity contribution in [3.8, 4) is 0 Å². The molecule has 22 heavy (non-hydrogen) atoms. The molecule has 0 radical (unpaired) electrons. The van der Waals surface area contributed by atoms with Crippen molar-refractivity contribution in [2.24, 2.45) is 0 Å². The topological polar surface area (TPSA) is 66.5 Å². The third-order valence-electron chi connectivity index (χ3n) is 3.05. The fraction of sp³-hybridized carbons (Fsp3) is 0.133. The molecule has 2 aromatic carbocycles. The predicted molar refractivity (Wildman–Crippen MR) is 89.1 cm³/mol. The van der Waals surface area contributed by atoms with E-state index in [1.165, 1.54) is 13.1 Å². The van der Waals surface area contributed by atoms with Crippen LogP contribution in [0.3, 0.4) is 0 Å². The molecule has 0 spiro atoms. The molecule has 0 aliphatic carbocycles. The first-order chi connectivity index (χ1) is 10.3. The molecule has 0 atom stereocenters. The lowest BCUT2D eigenvalue weighted by Crippen LogP contribution is -2.25. The van der Waals surface area contributed by atoms with Gasteiger partial charge in [0.05, 0.1) is 11.9 Å². The molecule has 7 heteroatoms. The first-order valence-electron chi connectivity index (χ1n) is 6.38. The minimum absolute atomic E-state index is 0.342. The molecule has 0 saturated heterocycles. The average molecular weight is 339 g/mol. The summed E-state index contributed by atoms with van der Waals surface area (Å²) in [6, 6.07) is 13.2. The quantitative estimate of drug-likeness (QED) is 0.932. The fourth-order valence-corrected chi connectivity index (χ4v) is 2.49. The fourth-order valence-electron chi connectivity index (χ4n) is 1.80. The highest BCUT2D eigenvalue weighted by atomic mass is 35.5. The van der Waals surface area contributed by atoms with Crippen molar-refractivity contribution in [1.29, 1.82) is 0 Å². The number of amides is 1. The van der Waals surface area contributed by atoms with Gasteiger partial charge in [0.2, 0.25) is 10.0 Å². The second kappa shape index (κ2) is 6.37. The lowest BCUT2D eigenvalue weighted by atomic mass is 10.2. The molecular formula is C15H15ClN2O3S. The van der Waals surface area contributed by atoms with Crippen molar-refractivity contribution in [1.82, 2.24) is 0 Å². The number of nitrogens with zero attached hydrogens (tertiary/aromatic N) is 1. The molecule has 0 aliphatic heterocycles. The van der Waals surface area contributed by atoms with Gasteiger partial charge in [0, 0.05) is 23.3 Å². The molecule has 0 fully saturated rings. The van der Waals surface area contributed by atoms with Crippen LogP contribution in [-0.2, 0) is 10.0 Å². The average Bonchev–Trinajstić information content (AvgIpc) is 2.45. The van der Waals surface area contributed by atoms with Crippen LogP contribution in [0.15, 0.2) is 48.5 Å². The van der Waals surface area contributed by atoms with Crippen LogP contribution in [0.4, 0.5) is 11.4 Å². The van der Waals surface area contributed by atoms with Gasteiger partial charge >= 0.3 is 0 Å². The van der Waals surface area contributed by atoms with E-state index in [0.29, 0.717) is 22.0 Å². The van der Waals surface area contributed by atoms with Crippen molar-refractivity contribution >= 4 is 38.9 Å². The Hall–Kier alpha value is -2.05. The number of benzene rings is 2. The van der Waals surface area contributed by atoms with E-state index in [4.69, 9.17) is 11.6 Å². The molecule has 0 saturated carbocycles. The summed E-state index contributed by atoms with van der Waals surface area (Å²) in [6.07, 6.45) is 1.10. The molecule has 0 aromatic heterocycles. The summed E-state index contributed by atoms with van der Waals surface area (Å²) in [5.74, 6) is -0.342. The first kappa shape index (κ1) is 16.3. The number of sulfonamides is 1. The normalized spacial score (nSPS) is 11.0. The zero-order valence-electron chi connectivity index (χ0n) is 12.1. The largest absolute Gasteiger partial charge is 0.322 e. The molecule has 0 heterocycles. The number of nitrogens with one attached hydrogen (secondary N) is 1. The zero-order chi connectivity index (χ0) is 16.3. The smallest absolute Gasteiger partial charge is 0.255 e. The molecule has 0 unspecified atom stereocenters. The molecule has 2 aromatic rings. The van der Waals surface area contributed by atoms with Gasteiger partial charge in [0.1, 0.15) is 0 Å². The first-order valence-corrected chi connectivity index (χ1v) is 8.61. The van der Waals surface area contributed by atoms with E-state index in [1.54, 1.807) is 42.5 Å². The van der Waals surface area contributed by atoms with Crippen LogP contribution in [0.2, 0.25) is 5.02 Å². The van der Waals surface area contributed by atoms with Gasteiger partial charge in [-0.3, -0.25) is 9.10 Å². The summed E-state index contributed by atoms with van der Waals surface area (Å²) < 4.78 is 24.2. The summed E-state index contributed by atoms with van der Waals surface area (Å²) in [4.78, 5) is 12.2. The summed E-state index contributed by atoms with van der Waals surface area (Å²) in [5.41, 5.74) is 1.34. The molecular weight excluding hydrogens is 324 g/mol. The summed E-state index contributed by atoms with van der Waals surface area (Å²) in [7, 11) is -1.94. The van der Waals surface area contributed by atoms with E-state index in [-0.39, 0.29) is 5.91 Å². The molecule has 0 bridgehead atoms. The standard InChI is InChI=1S/C15H15ClN2O3S/c1-18(22(2,20)21)14-8-3-5-11(9-14)15(19)17-13-7-4-6-12(16)10-13/h3-10H,1-2H3,(H,17,19). The van der Waals surface area contributed by atoms with Crippen molar-refractivity contribution in [3.05, 3.63) is 59.1 Å². The molecule has 1 N–H and O–H groups in total. The lowest BCUT2D eigenvalue weighted by molar-refractivity contribution is 0.102. The summed E-state index contributed by atoms with van der Waals surface area (Å²) in [6.45, 7) is 0. The number of rotatable bonds is 4. The van der Waals surface area contributed by atoms with E-state index in [2.05, 4.69) is 5.32 Å². The van der Waals surface area contributed by atoms with E-state index in [0.717, 1.165) is 10.6 Å². The molecule has 0 aliphatic rings. The van der Waals surface area contributed by atoms with Crippen LogP contribution in [0.1, 0.15) is 10.4 Å². The zero-order valence-corrected chi connectivity index (χ0v) is 13.6. The Morgan fingerprint density at radius 1 is 1.14 bits per heavy atom.